The Hall–Kier alpha value is -3.52. The van der Waals surface area contributed by atoms with Gasteiger partial charge in [-0.05, 0) is 49.9 Å². The molecule has 4 heterocycles. The van der Waals surface area contributed by atoms with E-state index in [9.17, 15) is 4.79 Å². The normalized spacial score (nSPS) is 19.0. The summed E-state index contributed by atoms with van der Waals surface area (Å²) in [5.74, 6) is 1.02. The molecule has 0 bridgehead atoms. The molecule has 1 aliphatic carbocycles. The zero-order valence-corrected chi connectivity index (χ0v) is 17.9. The van der Waals surface area contributed by atoms with Gasteiger partial charge in [0, 0.05) is 30.0 Å². The third-order valence-electron chi connectivity index (χ3n) is 6.73. The van der Waals surface area contributed by atoms with Crippen LogP contribution in [0.15, 0.2) is 53.3 Å². The highest BCUT2D eigenvalue weighted by Gasteiger charge is 2.40. The number of imidazole rings is 1. The van der Waals surface area contributed by atoms with E-state index in [-0.39, 0.29) is 11.9 Å². The van der Waals surface area contributed by atoms with E-state index in [1.807, 2.05) is 49.5 Å². The number of hydrogen-bond donors (Lipinski definition) is 1. The van der Waals surface area contributed by atoms with Crippen molar-refractivity contribution in [2.75, 3.05) is 11.9 Å². The molecule has 6 rings (SSSR count). The first-order chi connectivity index (χ1) is 15.7. The van der Waals surface area contributed by atoms with Crippen LogP contribution in [-0.2, 0) is 0 Å². The van der Waals surface area contributed by atoms with Gasteiger partial charge in [-0.25, -0.2) is 4.98 Å². The lowest BCUT2D eigenvalue weighted by molar-refractivity contribution is -0.0115. The van der Waals surface area contributed by atoms with E-state index < -0.39 is 0 Å². The van der Waals surface area contributed by atoms with Crippen molar-refractivity contribution in [3.05, 3.63) is 65.9 Å². The number of fused-ring (bicyclic) bond motifs is 1. The second-order valence-electron chi connectivity index (χ2n) is 8.64. The predicted octanol–water partition coefficient (Wildman–Crippen LogP) is 4.24. The third-order valence-corrected chi connectivity index (χ3v) is 6.73. The number of anilines is 1. The first-order valence-electron chi connectivity index (χ1n) is 11.1. The molecule has 1 aliphatic heterocycles. The van der Waals surface area contributed by atoms with Gasteiger partial charge in [0.25, 0.3) is 5.91 Å². The van der Waals surface area contributed by atoms with Crippen LogP contribution in [0.25, 0.3) is 17.0 Å². The number of nitrogens with one attached hydrogen (secondary N) is 1. The minimum atomic E-state index is -0.219. The molecule has 3 aromatic heterocycles. The van der Waals surface area contributed by atoms with Crippen molar-refractivity contribution in [1.82, 2.24) is 24.4 Å². The maximum atomic E-state index is 12.9. The lowest BCUT2D eigenvalue weighted by Gasteiger charge is -2.47. The summed E-state index contributed by atoms with van der Waals surface area (Å²) in [4.78, 5) is 24.4. The van der Waals surface area contributed by atoms with Crippen LogP contribution < -0.4 is 5.32 Å². The zero-order valence-electron chi connectivity index (χ0n) is 17.9. The molecule has 4 aromatic rings. The predicted molar refractivity (Wildman–Crippen MR) is 119 cm³/mol. The van der Waals surface area contributed by atoms with E-state index in [0.717, 1.165) is 29.7 Å². The molecule has 32 heavy (non-hydrogen) atoms. The van der Waals surface area contributed by atoms with Crippen molar-refractivity contribution in [2.45, 2.75) is 44.7 Å². The summed E-state index contributed by atoms with van der Waals surface area (Å²) in [5.41, 5.74) is 3.69. The lowest BCUT2D eigenvalue weighted by Crippen LogP contribution is -2.50. The monoisotopic (exact) mass is 428 g/mol. The molecule has 2 fully saturated rings. The first-order valence-corrected chi connectivity index (χ1v) is 11.1. The van der Waals surface area contributed by atoms with E-state index in [0.29, 0.717) is 29.1 Å². The molecule has 1 aromatic carbocycles. The molecule has 0 radical (unpaired) electrons. The molecule has 1 saturated heterocycles. The van der Waals surface area contributed by atoms with Gasteiger partial charge in [-0.1, -0.05) is 29.8 Å². The van der Waals surface area contributed by atoms with E-state index >= 15 is 0 Å². The van der Waals surface area contributed by atoms with Crippen molar-refractivity contribution < 1.29 is 9.32 Å². The molecule has 8 nitrogen and oxygen atoms in total. The smallest absolute Gasteiger partial charge is 0.274 e. The van der Waals surface area contributed by atoms with Gasteiger partial charge < -0.3 is 9.84 Å². The van der Waals surface area contributed by atoms with Crippen LogP contribution in [0, 0.1) is 6.92 Å². The molecule has 0 spiro atoms. The molecular weight excluding hydrogens is 404 g/mol. The Morgan fingerprint density at radius 2 is 2.09 bits per heavy atom. The number of carbonyl (C=O) groups excluding carboxylic acids is 1. The summed E-state index contributed by atoms with van der Waals surface area (Å²) in [6, 6.07) is 12.4. The van der Waals surface area contributed by atoms with Gasteiger partial charge in [0.05, 0.1) is 12.2 Å². The maximum Gasteiger partial charge on any atom is 0.274 e. The van der Waals surface area contributed by atoms with E-state index in [1.165, 1.54) is 19.3 Å². The molecule has 1 saturated carbocycles. The SMILES string of the molecule is Cc1ccc(-c2noc(C3CCN3C3CCC3)n2)cc1NC(=O)c1cnc2ccccn12. The van der Waals surface area contributed by atoms with Crippen LogP contribution in [0.5, 0.6) is 0 Å². The topological polar surface area (TPSA) is 88.6 Å². The van der Waals surface area contributed by atoms with Gasteiger partial charge in [-0.3, -0.25) is 14.1 Å². The summed E-state index contributed by atoms with van der Waals surface area (Å²) in [5, 5.41) is 7.24. The number of pyridine rings is 1. The largest absolute Gasteiger partial charge is 0.337 e. The molecule has 2 aliphatic rings. The molecule has 162 valence electrons. The fraction of sp³-hybridized carbons (Fsp3) is 0.333. The summed E-state index contributed by atoms with van der Waals surface area (Å²) in [7, 11) is 0. The number of nitrogens with zero attached hydrogens (tertiary/aromatic N) is 5. The van der Waals surface area contributed by atoms with Gasteiger partial charge in [-0.15, -0.1) is 0 Å². The van der Waals surface area contributed by atoms with E-state index in [1.54, 1.807) is 10.6 Å². The number of aryl methyl sites for hydroxylation is 1. The average molecular weight is 428 g/mol. The van der Waals surface area contributed by atoms with Crippen LogP contribution in [0.2, 0.25) is 0 Å². The lowest BCUT2D eigenvalue weighted by atomic mass is 9.86. The Bertz CT molecular complexity index is 1300. The van der Waals surface area contributed by atoms with Gasteiger partial charge in [-0.2, -0.15) is 4.98 Å². The number of likely N-dealkylation sites (tertiary alicyclic amines) is 1. The number of hydrogen-bond acceptors (Lipinski definition) is 6. The third kappa shape index (κ3) is 3.18. The van der Waals surface area contributed by atoms with Crippen LogP contribution in [0.3, 0.4) is 0 Å². The van der Waals surface area contributed by atoms with E-state index in [4.69, 9.17) is 4.52 Å². The number of amides is 1. The summed E-state index contributed by atoms with van der Waals surface area (Å²) in [6.45, 7) is 3.07. The Morgan fingerprint density at radius 3 is 2.88 bits per heavy atom. The van der Waals surface area contributed by atoms with Crippen molar-refractivity contribution in [3.8, 4) is 11.4 Å². The zero-order chi connectivity index (χ0) is 21.7. The number of rotatable bonds is 5. The molecule has 1 atom stereocenters. The molecular formula is C24H24N6O2. The summed E-state index contributed by atoms with van der Waals surface area (Å²) in [6.07, 6.45) is 8.33. The number of benzene rings is 1. The molecule has 1 unspecified atom stereocenters. The first kappa shape index (κ1) is 19.2. The fourth-order valence-corrected chi connectivity index (χ4v) is 4.50. The van der Waals surface area contributed by atoms with Crippen molar-refractivity contribution in [1.29, 1.82) is 0 Å². The number of carbonyl (C=O) groups is 1. The van der Waals surface area contributed by atoms with Crippen molar-refractivity contribution in [3.63, 3.8) is 0 Å². The van der Waals surface area contributed by atoms with Gasteiger partial charge in [0.2, 0.25) is 11.7 Å². The van der Waals surface area contributed by atoms with Crippen molar-refractivity contribution in [2.24, 2.45) is 0 Å². The van der Waals surface area contributed by atoms with Crippen LogP contribution in [0.1, 0.15) is 53.7 Å². The van der Waals surface area contributed by atoms with Gasteiger partial charge >= 0.3 is 0 Å². The van der Waals surface area contributed by atoms with Crippen molar-refractivity contribution >= 4 is 17.2 Å². The standard InChI is InChI=1S/C24H24N6O2/c1-15-8-9-16(22-27-24(32-28-22)19-10-12-29(19)17-5-4-6-17)13-18(15)26-23(31)20-14-25-21-7-2-3-11-30(20)21/h2-3,7-9,11,13-14,17,19H,4-6,10,12H2,1H3,(H,26,31). The van der Waals surface area contributed by atoms with Gasteiger partial charge in [0.15, 0.2) is 0 Å². The minimum absolute atomic E-state index is 0.219. The van der Waals surface area contributed by atoms with Crippen LogP contribution in [-0.4, -0.2) is 42.9 Å². The number of aromatic nitrogens is 4. The van der Waals surface area contributed by atoms with Crippen LogP contribution in [0.4, 0.5) is 5.69 Å². The molecule has 1 N–H and O–H groups in total. The Morgan fingerprint density at radius 1 is 1.19 bits per heavy atom. The summed E-state index contributed by atoms with van der Waals surface area (Å²) < 4.78 is 7.40. The second kappa shape index (κ2) is 7.56. The quantitative estimate of drug-likeness (QED) is 0.511. The second-order valence-corrected chi connectivity index (χ2v) is 8.64. The maximum absolute atomic E-state index is 12.9. The van der Waals surface area contributed by atoms with E-state index in [2.05, 4.69) is 25.3 Å². The molecule has 1 amide bonds. The average Bonchev–Trinajstić information content (AvgIpc) is 3.39. The highest BCUT2D eigenvalue weighted by molar-refractivity contribution is 6.04. The summed E-state index contributed by atoms with van der Waals surface area (Å²) >= 11 is 0. The minimum Gasteiger partial charge on any atom is -0.337 e. The Labute approximate surface area is 185 Å². The molecule has 8 heteroatoms. The Kier molecular flexibility index (Phi) is 4.53. The fourth-order valence-electron chi connectivity index (χ4n) is 4.50. The Balaban J connectivity index is 1.23. The van der Waals surface area contributed by atoms with Gasteiger partial charge in [0.1, 0.15) is 11.3 Å². The van der Waals surface area contributed by atoms with Crippen LogP contribution >= 0.6 is 0 Å². The highest BCUT2D eigenvalue weighted by Crippen LogP contribution is 2.40. The highest BCUT2D eigenvalue weighted by atomic mass is 16.5.